The van der Waals surface area contributed by atoms with E-state index >= 15 is 0 Å². The van der Waals surface area contributed by atoms with Gasteiger partial charge in [0.25, 0.3) is 5.56 Å². The molecule has 0 saturated heterocycles. The van der Waals surface area contributed by atoms with Crippen molar-refractivity contribution >= 4 is 39.6 Å². The number of aliphatic imine (C=N–C) groups is 1. The zero-order valence-corrected chi connectivity index (χ0v) is 19.5. The van der Waals surface area contributed by atoms with Crippen LogP contribution in [0.2, 0.25) is 0 Å². The molecule has 158 valence electrons. The van der Waals surface area contributed by atoms with Gasteiger partial charge in [-0.2, -0.15) is 5.26 Å². The van der Waals surface area contributed by atoms with Gasteiger partial charge in [-0.25, -0.2) is 9.36 Å². The van der Waals surface area contributed by atoms with E-state index in [0.717, 1.165) is 42.4 Å². The van der Waals surface area contributed by atoms with Gasteiger partial charge in [0.05, 0.1) is 11.4 Å². The van der Waals surface area contributed by atoms with Crippen molar-refractivity contribution in [3.05, 3.63) is 77.9 Å². The Kier molecular flexibility index (Phi) is 6.83. The van der Waals surface area contributed by atoms with Gasteiger partial charge in [-0.05, 0) is 79.1 Å². The van der Waals surface area contributed by atoms with Crippen LogP contribution < -0.4 is 11.2 Å². The Morgan fingerprint density at radius 2 is 2.00 bits per heavy atom. The van der Waals surface area contributed by atoms with Gasteiger partial charge in [0.1, 0.15) is 11.0 Å². The molecule has 0 radical (unpaired) electrons. The molecule has 7 nitrogen and oxygen atoms in total. The van der Waals surface area contributed by atoms with E-state index in [1.54, 1.807) is 18.2 Å². The standard InChI is InChI=1S/C22H19BrN4O3S/c1-4-14-9-15(23)5-6-18(14)27-21(29)16(20(28)26-22(27)30)10-25-17-7-13(3)19(31-11-24)8-12(17)2/h5-10,29H,4H2,1-3H3,(H,26,28,30). The molecule has 0 aliphatic heterocycles. The highest BCUT2D eigenvalue weighted by atomic mass is 79.9. The van der Waals surface area contributed by atoms with Crippen LogP contribution >= 0.6 is 27.7 Å². The maximum Gasteiger partial charge on any atom is 0.335 e. The van der Waals surface area contributed by atoms with Crippen LogP contribution in [0.25, 0.3) is 5.69 Å². The van der Waals surface area contributed by atoms with Crippen molar-refractivity contribution in [2.75, 3.05) is 0 Å². The summed E-state index contributed by atoms with van der Waals surface area (Å²) in [5.74, 6) is -0.486. The first kappa shape index (κ1) is 22.6. The lowest BCUT2D eigenvalue weighted by Crippen LogP contribution is -2.31. The summed E-state index contributed by atoms with van der Waals surface area (Å²) < 4.78 is 1.91. The second kappa shape index (κ2) is 9.37. The van der Waals surface area contributed by atoms with E-state index in [-0.39, 0.29) is 5.56 Å². The number of aromatic amines is 1. The van der Waals surface area contributed by atoms with E-state index in [2.05, 4.69) is 25.9 Å². The minimum atomic E-state index is -0.735. The number of hydrogen-bond donors (Lipinski definition) is 2. The molecule has 3 rings (SSSR count). The Labute approximate surface area is 191 Å². The summed E-state index contributed by atoms with van der Waals surface area (Å²) in [6, 6.07) is 8.95. The monoisotopic (exact) mass is 498 g/mol. The summed E-state index contributed by atoms with van der Waals surface area (Å²) >= 11 is 4.47. The van der Waals surface area contributed by atoms with E-state index in [1.807, 2.05) is 38.3 Å². The molecule has 0 aliphatic carbocycles. The fraction of sp³-hybridized carbons (Fsp3) is 0.182. The molecule has 0 spiro atoms. The maximum atomic E-state index is 12.5. The Hall–Kier alpha value is -3.09. The third-order valence-corrected chi connectivity index (χ3v) is 6.01. The molecule has 2 aromatic carbocycles. The van der Waals surface area contributed by atoms with Crippen molar-refractivity contribution in [1.82, 2.24) is 9.55 Å². The molecule has 0 unspecified atom stereocenters. The van der Waals surface area contributed by atoms with Crippen LogP contribution in [0.1, 0.15) is 29.2 Å². The number of nitriles is 1. The molecule has 0 amide bonds. The van der Waals surface area contributed by atoms with E-state index in [0.29, 0.717) is 17.8 Å². The lowest BCUT2D eigenvalue weighted by atomic mass is 10.1. The summed E-state index contributed by atoms with van der Waals surface area (Å²) in [5, 5.41) is 21.8. The molecule has 0 fully saturated rings. The number of H-pyrrole nitrogens is 1. The number of hydrogen-bond acceptors (Lipinski definition) is 6. The number of aryl methyl sites for hydroxylation is 3. The first-order chi connectivity index (χ1) is 14.8. The van der Waals surface area contributed by atoms with Crippen LogP contribution in [0.3, 0.4) is 0 Å². The molecule has 31 heavy (non-hydrogen) atoms. The Bertz CT molecular complexity index is 1350. The van der Waals surface area contributed by atoms with Gasteiger partial charge in [0.2, 0.25) is 5.88 Å². The molecule has 1 aromatic heterocycles. The van der Waals surface area contributed by atoms with Crippen LogP contribution in [0.4, 0.5) is 5.69 Å². The summed E-state index contributed by atoms with van der Waals surface area (Å²) in [7, 11) is 0. The molecule has 0 saturated carbocycles. The number of rotatable bonds is 5. The van der Waals surface area contributed by atoms with Crippen molar-refractivity contribution in [2.24, 2.45) is 4.99 Å². The number of benzene rings is 2. The normalized spacial score (nSPS) is 11.1. The van der Waals surface area contributed by atoms with Gasteiger partial charge in [-0.15, -0.1) is 0 Å². The van der Waals surface area contributed by atoms with Gasteiger partial charge in [-0.3, -0.25) is 14.8 Å². The highest BCUT2D eigenvalue weighted by Crippen LogP contribution is 2.29. The number of aromatic nitrogens is 2. The average molecular weight is 499 g/mol. The predicted molar refractivity (Wildman–Crippen MR) is 126 cm³/mol. The minimum absolute atomic E-state index is 0.128. The van der Waals surface area contributed by atoms with Gasteiger partial charge in [0, 0.05) is 15.6 Å². The Morgan fingerprint density at radius 1 is 1.26 bits per heavy atom. The summed E-state index contributed by atoms with van der Waals surface area (Å²) in [6.45, 7) is 5.64. The Balaban J connectivity index is 2.14. The largest absolute Gasteiger partial charge is 0.493 e. The van der Waals surface area contributed by atoms with Gasteiger partial charge < -0.3 is 5.11 Å². The zero-order valence-electron chi connectivity index (χ0n) is 17.1. The fourth-order valence-electron chi connectivity index (χ4n) is 3.14. The zero-order chi connectivity index (χ0) is 22.7. The van der Waals surface area contributed by atoms with Crippen LogP contribution in [0.5, 0.6) is 5.88 Å². The minimum Gasteiger partial charge on any atom is -0.493 e. The maximum absolute atomic E-state index is 12.5. The van der Waals surface area contributed by atoms with Crippen LogP contribution in [0.15, 0.2) is 54.3 Å². The number of halogens is 1. The molecule has 0 atom stereocenters. The van der Waals surface area contributed by atoms with Crippen molar-refractivity contribution in [1.29, 1.82) is 5.26 Å². The van der Waals surface area contributed by atoms with E-state index < -0.39 is 17.1 Å². The Morgan fingerprint density at radius 3 is 2.68 bits per heavy atom. The number of nitrogens with zero attached hydrogens (tertiary/aromatic N) is 3. The molecular weight excluding hydrogens is 480 g/mol. The van der Waals surface area contributed by atoms with Crippen LogP contribution in [-0.2, 0) is 6.42 Å². The van der Waals surface area contributed by atoms with Crippen molar-refractivity contribution in [2.45, 2.75) is 32.1 Å². The van der Waals surface area contributed by atoms with Crippen molar-refractivity contribution < 1.29 is 5.11 Å². The lowest BCUT2D eigenvalue weighted by Gasteiger charge is -2.13. The molecule has 1 heterocycles. The highest BCUT2D eigenvalue weighted by Gasteiger charge is 2.16. The molecule has 2 N–H and O–H groups in total. The summed E-state index contributed by atoms with van der Waals surface area (Å²) in [6.07, 6.45) is 1.86. The molecule has 0 bridgehead atoms. The smallest absolute Gasteiger partial charge is 0.335 e. The highest BCUT2D eigenvalue weighted by molar-refractivity contribution is 9.10. The second-order valence-electron chi connectivity index (χ2n) is 6.81. The summed E-state index contributed by atoms with van der Waals surface area (Å²) in [4.78, 5) is 32.3. The quantitative estimate of drug-likeness (QED) is 0.305. The number of aromatic hydroxyl groups is 1. The predicted octanol–water partition coefficient (Wildman–Crippen LogP) is 4.50. The average Bonchev–Trinajstić information content (AvgIpc) is 2.72. The van der Waals surface area contributed by atoms with E-state index in [9.17, 15) is 14.7 Å². The molecule has 0 aliphatic rings. The van der Waals surface area contributed by atoms with Crippen molar-refractivity contribution in [3.63, 3.8) is 0 Å². The first-order valence-corrected chi connectivity index (χ1v) is 11.0. The van der Waals surface area contributed by atoms with Crippen molar-refractivity contribution in [3.8, 4) is 17.0 Å². The van der Waals surface area contributed by atoms with Gasteiger partial charge in [-0.1, -0.05) is 22.9 Å². The molecule has 9 heteroatoms. The number of thiocyanates is 1. The second-order valence-corrected chi connectivity index (χ2v) is 8.56. The lowest BCUT2D eigenvalue weighted by molar-refractivity contribution is 0.429. The first-order valence-electron chi connectivity index (χ1n) is 9.35. The fourth-order valence-corrected chi connectivity index (χ4v) is 4.10. The number of thioether (sulfide) groups is 1. The SMILES string of the molecule is CCc1cc(Br)ccc1-n1c(O)c(C=Nc2cc(C)c(SC#N)cc2C)c(=O)[nH]c1=O. The molecule has 3 aromatic rings. The van der Waals surface area contributed by atoms with E-state index in [1.165, 1.54) is 6.21 Å². The third kappa shape index (κ3) is 4.65. The number of nitrogens with one attached hydrogen (secondary N) is 1. The summed E-state index contributed by atoms with van der Waals surface area (Å²) in [5.41, 5.74) is 1.97. The van der Waals surface area contributed by atoms with Gasteiger partial charge in [0.15, 0.2) is 0 Å². The van der Waals surface area contributed by atoms with Gasteiger partial charge >= 0.3 is 5.69 Å². The van der Waals surface area contributed by atoms with Crippen LogP contribution in [-0.4, -0.2) is 20.9 Å². The third-order valence-electron chi connectivity index (χ3n) is 4.77. The van der Waals surface area contributed by atoms with Crippen LogP contribution in [0, 0.1) is 24.5 Å². The topological polar surface area (TPSA) is 111 Å². The molecular formula is C22H19BrN4O3S. The van der Waals surface area contributed by atoms with E-state index in [4.69, 9.17) is 5.26 Å².